The number of aliphatic hydroxyl groups is 6. The van der Waals surface area contributed by atoms with E-state index in [1.54, 1.807) is 65.8 Å². The van der Waals surface area contributed by atoms with Crippen molar-refractivity contribution in [3.63, 3.8) is 0 Å². The molecule has 1 aromatic carbocycles. The van der Waals surface area contributed by atoms with Crippen molar-refractivity contribution >= 4 is 8.60 Å². The van der Waals surface area contributed by atoms with Crippen molar-refractivity contribution < 1.29 is 44.9 Å². The Morgan fingerprint density at radius 3 is 1.00 bits per heavy atom. The lowest BCUT2D eigenvalue weighted by Gasteiger charge is -2.16. The summed E-state index contributed by atoms with van der Waals surface area (Å²) in [6.45, 7) is 11.1. The van der Waals surface area contributed by atoms with Crippen molar-refractivity contribution in [2.75, 3.05) is 39.6 Å². The summed E-state index contributed by atoms with van der Waals surface area (Å²) in [5.41, 5.74) is -0.917. The molecule has 0 aliphatic carbocycles. The van der Waals surface area contributed by atoms with Crippen LogP contribution in [0.25, 0.3) is 0 Å². The van der Waals surface area contributed by atoms with Crippen LogP contribution < -0.4 is 4.52 Å². The molecule has 0 atom stereocenters. The molecule has 31 heavy (non-hydrogen) atoms. The van der Waals surface area contributed by atoms with Gasteiger partial charge in [0.05, 0.1) is 39.6 Å². The van der Waals surface area contributed by atoms with Gasteiger partial charge in [-0.3, -0.25) is 0 Å². The van der Waals surface area contributed by atoms with Crippen molar-refractivity contribution in [2.24, 2.45) is 16.2 Å². The first-order valence-electron chi connectivity index (χ1n) is 9.72. The fourth-order valence-corrected chi connectivity index (χ4v) is 1.04. The van der Waals surface area contributed by atoms with E-state index in [0.717, 1.165) is 0 Å². The van der Waals surface area contributed by atoms with E-state index < -0.39 is 8.60 Å². The molecule has 10 heteroatoms. The van der Waals surface area contributed by atoms with Gasteiger partial charge in [0, 0.05) is 16.2 Å². The van der Waals surface area contributed by atoms with Gasteiger partial charge in [-0.15, -0.1) is 0 Å². The van der Waals surface area contributed by atoms with Crippen LogP contribution in [-0.4, -0.2) is 80.1 Å². The fraction of sp³-hybridized carbons (Fsp3) is 0.714. The SMILES string of the molecule is CC(C)(CO)CO.CC(C)(CO)CO.CC(C)(CO)CO.OP(O)Oc1ccccc1. The van der Waals surface area contributed by atoms with Crippen molar-refractivity contribution in [3.05, 3.63) is 30.3 Å². The van der Waals surface area contributed by atoms with E-state index in [1.807, 2.05) is 6.07 Å². The molecule has 0 radical (unpaired) electrons. The predicted molar refractivity (Wildman–Crippen MR) is 122 cm³/mol. The normalized spacial score (nSPS) is 11.3. The van der Waals surface area contributed by atoms with Gasteiger partial charge in [-0.1, -0.05) is 59.7 Å². The Morgan fingerprint density at radius 1 is 0.581 bits per heavy atom. The molecule has 1 rings (SSSR count). The third-order valence-electron chi connectivity index (χ3n) is 3.50. The Morgan fingerprint density at radius 2 is 0.839 bits per heavy atom. The molecule has 1 aromatic rings. The molecule has 0 spiro atoms. The van der Waals surface area contributed by atoms with Crippen LogP contribution in [0.15, 0.2) is 30.3 Å². The van der Waals surface area contributed by atoms with Gasteiger partial charge in [0.25, 0.3) is 0 Å². The van der Waals surface area contributed by atoms with E-state index in [2.05, 4.69) is 4.52 Å². The van der Waals surface area contributed by atoms with E-state index in [4.69, 9.17) is 40.4 Å². The highest BCUT2D eigenvalue weighted by atomic mass is 31.2. The van der Waals surface area contributed by atoms with E-state index in [1.165, 1.54) is 0 Å². The Labute approximate surface area is 187 Å². The van der Waals surface area contributed by atoms with Gasteiger partial charge in [0.1, 0.15) is 5.75 Å². The van der Waals surface area contributed by atoms with E-state index in [0.29, 0.717) is 5.75 Å². The zero-order valence-electron chi connectivity index (χ0n) is 19.6. The summed E-state index contributed by atoms with van der Waals surface area (Å²) in [5.74, 6) is 0.471. The quantitative estimate of drug-likeness (QED) is 0.261. The van der Waals surface area contributed by atoms with Crippen LogP contribution >= 0.6 is 8.60 Å². The predicted octanol–water partition coefficient (Wildman–Crippen LogP) is 1.27. The standard InChI is InChI=1S/C6H7O3P.3C5H12O2/c7-10(8)9-6-4-2-1-3-5-6;3*1-5(2,3-6)4-7/h1-5,7-8H;3*6-7H,3-4H2,1-2H3. The van der Waals surface area contributed by atoms with Gasteiger partial charge in [-0.05, 0) is 12.1 Å². The maximum absolute atomic E-state index is 8.43. The topological polar surface area (TPSA) is 171 Å². The van der Waals surface area contributed by atoms with Crippen LogP contribution in [0.4, 0.5) is 0 Å². The maximum atomic E-state index is 8.43. The minimum atomic E-state index is -2.28. The number of hydrogen-bond acceptors (Lipinski definition) is 9. The number of para-hydroxylation sites is 1. The summed E-state index contributed by atoms with van der Waals surface area (Å²) >= 11 is 0. The molecule has 0 saturated heterocycles. The molecule has 8 N–H and O–H groups in total. The first-order chi connectivity index (χ1) is 14.2. The molecule has 0 bridgehead atoms. The Balaban J connectivity index is -0.000000343. The van der Waals surface area contributed by atoms with Crippen molar-refractivity contribution in [1.29, 1.82) is 0 Å². The number of rotatable bonds is 8. The van der Waals surface area contributed by atoms with E-state index in [-0.39, 0.29) is 55.9 Å². The Kier molecular flexibility index (Phi) is 20.9. The lowest BCUT2D eigenvalue weighted by Crippen LogP contribution is -2.20. The van der Waals surface area contributed by atoms with Gasteiger partial charge < -0.3 is 44.9 Å². The fourth-order valence-electron chi connectivity index (χ4n) is 0.726. The summed E-state index contributed by atoms with van der Waals surface area (Å²) in [5, 5.41) is 50.6. The maximum Gasteiger partial charge on any atom is 0.391 e. The molecule has 0 aromatic heterocycles. The highest BCUT2D eigenvalue weighted by molar-refractivity contribution is 7.39. The summed E-state index contributed by atoms with van der Waals surface area (Å²) in [6, 6.07) is 8.65. The van der Waals surface area contributed by atoms with Gasteiger partial charge in [-0.2, -0.15) is 0 Å². The molecule has 0 aliphatic heterocycles. The summed E-state index contributed by atoms with van der Waals surface area (Å²) in [6.07, 6.45) is 0. The second kappa shape index (κ2) is 18.7. The lowest BCUT2D eigenvalue weighted by atomic mass is 9.97. The smallest absolute Gasteiger partial charge is 0.391 e. The second-order valence-corrected chi connectivity index (χ2v) is 9.79. The third kappa shape index (κ3) is 25.3. The average molecular weight is 471 g/mol. The molecule has 0 amide bonds. The number of aliphatic hydroxyl groups excluding tert-OH is 6. The highest BCUT2D eigenvalue weighted by Gasteiger charge is 2.14. The lowest BCUT2D eigenvalue weighted by molar-refractivity contribution is 0.0855. The number of benzene rings is 1. The van der Waals surface area contributed by atoms with Crippen molar-refractivity contribution in [3.8, 4) is 5.75 Å². The zero-order chi connectivity index (χ0) is 25.1. The van der Waals surface area contributed by atoms with E-state index >= 15 is 0 Å². The van der Waals surface area contributed by atoms with Crippen molar-refractivity contribution in [1.82, 2.24) is 0 Å². The zero-order valence-corrected chi connectivity index (χ0v) is 20.5. The van der Waals surface area contributed by atoms with Crippen LogP contribution in [0, 0.1) is 16.2 Å². The molecule has 0 aliphatic rings. The first-order valence-corrected chi connectivity index (χ1v) is 10.9. The van der Waals surface area contributed by atoms with Crippen LogP contribution in [0.5, 0.6) is 5.75 Å². The molecule has 186 valence electrons. The minimum Gasteiger partial charge on any atom is -0.427 e. The Bertz CT molecular complexity index is 453. The molecular formula is C21H43O9P. The summed E-state index contributed by atoms with van der Waals surface area (Å²) in [7, 11) is -2.28. The van der Waals surface area contributed by atoms with Crippen LogP contribution in [-0.2, 0) is 0 Å². The molecule has 9 nitrogen and oxygen atoms in total. The molecular weight excluding hydrogens is 427 g/mol. The largest absolute Gasteiger partial charge is 0.427 e. The average Bonchev–Trinajstić information content (AvgIpc) is 2.75. The van der Waals surface area contributed by atoms with Crippen LogP contribution in [0.2, 0.25) is 0 Å². The van der Waals surface area contributed by atoms with Crippen LogP contribution in [0.1, 0.15) is 41.5 Å². The summed E-state index contributed by atoms with van der Waals surface area (Å²) < 4.78 is 4.59. The molecule has 0 fully saturated rings. The second-order valence-electron chi connectivity index (χ2n) is 9.10. The Hall–Kier alpha value is -0.870. The third-order valence-corrected chi connectivity index (χ3v) is 3.87. The minimum absolute atomic E-state index is 0.0451. The monoisotopic (exact) mass is 470 g/mol. The van der Waals surface area contributed by atoms with Crippen LogP contribution in [0.3, 0.4) is 0 Å². The first kappa shape index (κ1) is 34.7. The number of hydrogen-bond donors (Lipinski definition) is 8. The molecule has 0 heterocycles. The highest BCUT2D eigenvalue weighted by Crippen LogP contribution is 2.27. The molecule has 0 saturated carbocycles. The van der Waals surface area contributed by atoms with Gasteiger partial charge in [0.15, 0.2) is 0 Å². The van der Waals surface area contributed by atoms with Gasteiger partial charge in [0.2, 0.25) is 0 Å². The van der Waals surface area contributed by atoms with Gasteiger partial charge in [-0.25, -0.2) is 0 Å². The molecule has 0 unspecified atom stereocenters. The summed E-state index contributed by atoms with van der Waals surface area (Å²) in [4.78, 5) is 16.8. The van der Waals surface area contributed by atoms with Gasteiger partial charge >= 0.3 is 8.60 Å². The van der Waals surface area contributed by atoms with Crippen molar-refractivity contribution in [2.45, 2.75) is 41.5 Å². The van der Waals surface area contributed by atoms with E-state index in [9.17, 15) is 0 Å².